The quantitative estimate of drug-likeness (QED) is 0.618. The number of carbonyl (C=O) groups excluding carboxylic acids is 1. The summed E-state index contributed by atoms with van der Waals surface area (Å²) in [5.41, 5.74) is 4.28. The second kappa shape index (κ2) is 7.26. The first-order chi connectivity index (χ1) is 13.4. The molecule has 0 spiro atoms. The van der Waals surface area contributed by atoms with E-state index in [2.05, 4.69) is 15.9 Å². The Hall–Kier alpha value is -2.31. The summed E-state index contributed by atoms with van der Waals surface area (Å²) in [7, 11) is 0. The van der Waals surface area contributed by atoms with Gasteiger partial charge in [0.15, 0.2) is 0 Å². The van der Waals surface area contributed by atoms with Crippen LogP contribution in [0.1, 0.15) is 27.2 Å². The number of nitrogens with zero attached hydrogens (tertiary/aromatic N) is 2. The van der Waals surface area contributed by atoms with E-state index in [9.17, 15) is 14.7 Å². The predicted molar refractivity (Wildman–Crippen MR) is 112 cm³/mol. The molecule has 0 unspecified atom stereocenters. The molecule has 1 amide bonds. The van der Waals surface area contributed by atoms with Gasteiger partial charge in [-0.2, -0.15) is 0 Å². The van der Waals surface area contributed by atoms with Gasteiger partial charge in [0.25, 0.3) is 5.91 Å². The number of fused-ring (bicyclic) bond motifs is 3. The molecule has 0 aliphatic carbocycles. The van der Waals surface area contributed by atoms with E-state index in [0.717, 1.165) is 32.2 Å². The van der Waals surface area contributed by atoms with Crippen LogP contribution in [0.2, 0.25) is 5.02 Å². The van der Waals surface area contributed by atoms with Crippen molar-refractivity contribution >= 4 is 50.3 Å². The lowest BCUT2D eigenvalue weighted by Gasteiger charge is -2.28. The van der Waals surface area contributed by atoms with Crippen LogP contribution in [0.4, 0.5) is 0 Å². The Balaban J connectivity index is 1.78. The van der Waals surface area contributed by atoms with Crippen LogP contribution in [0.3, 0.4) is 0 Å². The molecule has 144 valence electrons. The van der Waals surface area contributed by atoms with E-state index in [1.807, 2.05) is 42.2 Å². The predicted octanol–water partition coefficient (Wildman–Crippen LogP) is 4.65. The molecule has 7 heteroatoms. The number of amides is 1. The van der Waals surface area contributed by atoms with Crippen LogP contribution in [-0.4, -0.2) is 33.0 Å². The number of carbonyl (C=O) groups is 2. The summed E-state index contributed by atoms with van der Waals surface area (Å²) in [4.78, 5) is 26.4. The van der Waals surface area contributed by atoms with Crippen LogP contribution in [0.15, 0.2) is 40.9 Å². The van der Waals surface area contributed by atoms with Gasteiger partial charge >= 0.3 is 5.97 Å². The summed E-state index contributed by atoms with van der Waals surface area (Å²) in [6.45, 7) is 2.77. The molecule has 1 N–H and O–H groups in total. The van der Waals surface area contributed by atoms with Gasteiger partial charge in [0, 0.05) is 40.6 Å². The fourth-order valence-corrected chi connectivity index (χ4v) is 4.64. The zero-order valence-electron chi connectivity index (χ0n) is 15.2. The number of hydrogen-bond acceptors (Lipinski definition) is 2. The minimum Gasteiger partial charge on any atom is -0.480 e. The Kier molecular flexibility index (Phi) is 4.93. The summed E-state index contributed by atoms with van der Waals surface area (Å²) in [6, 6.07) is 11.2. The van der Waals surface area contributed by atoms with Crippen molar-refractivity contribution in [1.82, 2.24) is 9.47 Å². The fraction of sp³-hybridized carbons (Fsp3) is 0.238. The highest BCUT2D eigenvalue weighted by atomic mass is 79.9. The lowest BCUT2D eigenvalue weighted by molar-refractivity contribution is -0.137. The Morgan fingerprint density at radius 3 is 2.71 bits per heavy atom. The van der Waals surface area contributed by atoms with Gasteiger partial charge in [0.1, 0.15) is 6.54 Å². The number of carboxylic acid groups (broad SMARTS) is 1. The fourth-order valence-electron chi connectivity index (χ4n) is 3.93. The SMILES string of the molecule is Cc1cccc(C(=O)N2CCc3c(c4cccc(Cl)c4n3CC(=O)O)C2)c1Br. The third kappa shape index (κ3) is 3.10. The van der Waals surface area contributed by atoms with Crippen molar-refractivity contribution in [3.05, 3.63) is 68.3 Å². The van der Waals surface area contributed by atoms with Crippen LogP contribution >= 0.6 is 27.5 Å². The molecule has 0 saturated heterocycles. The van der Waals surface area contributed by atoms with E-state index < -0.39 is 5.97 Å². The molecule has 2 heterocycles. The molecule has 0 saturated carbocycles. The maximum Gasteiger partial charge on any atom is 0.323 e. The number of rotatable bonds is 3. The van der Waals surface area contributed by atoms with E-state index in [4.69, 9.17) is 11.6 Å². The van der Waals surface area contributed by atoms with Crippen LogP contribution in [-0.2, 0) is 24.3 Å². The van der Waals surface area contributed by atoms with E-state index >= 15 is 0 Å². The summed E-state index contributed by atoms with van der Waals surface area (Å²) in [5.74, 6) is -0.954. The molecule has 28 heavy (non-hydrogen) atoms. The third-order valence-corrected chi connectivity index (χ3v) is 6.58. The summed E-state index contributed by atoms with van der Waals surface area (Å²) in [6.07, 6.45) is 0.586. The number of halogens is 2. The Morgan fingerprint density at radius 2 is 1.96 bits per heavy atom. The average Bonchev–Trinajstić information content (AvgIpc) is 2.97. The molecule has 4 rings (SSSR count). The highest BCUT2D eigenvalue weighted by Crippen LogP contribution is 2.35. The molecule has 1 aromatic heterocycles. The maximum atomic E-state index is 13.1. The zero-order valence-corrected chi connectivity index (χ0v) is 17.5. The third-order valence-electron chi connectivity index (χ3n) is 5.23. The van der Waals surface area contributed by atoms with Crippen molar-refractivity contribution in [2.24, 2.45) is 0 Å². The number of aliphatic carboxylic acids is 1. The van der Waals surface area contributed by atoms with Crippen molar-refractivity contribution in [3.63, 3.8) is 0 Å². The first-order valence-electron chi connectivity index (χ1n) is 8.93. The molecular weight excluding hydrogens is 444 g/mol. The van der Waals surface area contributed by atoms with Gasteiger partial charge in [-0.15, -0.1) is 0 Å². The van der Waals surface area contributed by atoms with Crippen molar-refractivity contribution < 1.29 is 14.7 Å². The summed E-state index contributed by atoms with van der Waals surface area (Å²) >= 11 is 9.92. The van der Waals surface area contributed by atoms with E-state index in [0.29, 0.717) is 30.1 Å². The molecule has 0 atom stereocenters. The van der Waals surface area contributed by atoms with Crippen LogP contribution in [0.25, 0.3) is 10.9 Å². The topological polar surface area (TPSA) is 62.5 Å². The molecule has 0 radical (unpaired) electrons. The van der Waals surface area contributed by atoms with Gasteiger partial charge in [-0.3, -0.25) is 9.59 Å². The molecule has 3 aromatic rings. The van der Waals surface area contributed by atoms with Gasteiger partial charge in [-0.25, -0.2) is 0 Å². The van der Waals surface area contributed by atoms with Crippen molar-refractivity contribution in [1.29, 1.82) is 0 Å². The van der Waals surface area contributed by atoms with Gasteiger partial charge < -0.3 is 14.6 Å². The van der Waals surface area contributed by atoms with Crippen LogP contribution in [0.5, 0.6) is 0 Å². The average molecular weight is 462 g/mol. The number of para-hydroxylation sites is 1. The summed E-state index contributed by atoms with van der Waals surface area (Å²) < 4.78 is 2.59. The lowest BCUT2D eigenvalue weighted by Crippen LogP contribution is -2.36. The minimum absolute atomic E-state index is 0.0395. The van der Waals surface area contributed by atoms with Crippen molar-refractivity contribution in [2.75, 3.05) is 6.54 Å². The zero-order chi connectivity index (χ0) is 20.0. The Morgan fingerprint density at radius 1 is 1.21 bits per heavy atom. The number of aryl methyl sites for hydroxylation is 1. The van der Waals surface area contributed by atoms with Gasteiger partial charge in [-0.1, -0.05) is 35.9 Å². The number of carboxylic acids is 1. The van der Waals surface area contributed by atoms with Crippen molar-refractivity contribution in [3.8, 4) is 0 Å². The Labute approximate surface area is 175 Å². The molecule has 0 fully saturated rings. The largest absolute Gasteiger partial charge is 0.480 e. The monoisotopic (exact) mass is 460 g/mol. The summed E-state index contributed by atoms with van der Waals surface area (Å²) in [5, 5.41) is 10.8. The van der Waals surface area contributed by atoms with E-state index in [-0.39, 0.29) is 12.5 Å². The second-order valence-corrected chi connectivity index (χ2v) is 8.15. The van der Waals surface area contributed by atoms with Gasteiger partial charge in [0.05, 0.1) is 16.1 Å². The molecule has 5 nitrogen and oxygen atoms in total. The molecule has 2 aromatic carbocycles. The minimum atomic E-state index is -0.915. The first-order valence-corrected chi connectivity index (χ1v) is 10.1. The number of benzene rings is 2. The smallest absolute Gasteiger partial charge is 0.323 e. The van der Waals surface area contributed by atoms with E-state index in [1.165, 1.54) is 0 Å². The van der Waals surface area contributed by atoms with Crippen LogP contribution < -0.4 is 0 Å². The van der Waals surface area contributed by atoms with Gasteiger partial charge in [-0.05, 0) is 40.5 Å². The normalized spacial score (nSPS) is 13.6. The maximum absolute atomic E-state index is 13.1. The molecule has 1 aliphatic heterocycles. The van der Waals surface area contributed by atoms with E-state index in [1.54, 1.807) is 10.6 Å². The molecule has 1 aliphatic rings. The number of hydrogen-bond donors (Lipinski definition) is 1. The highest BCUT2D eigenvalue weighted by molar-refractivity contribution is 9.10. The second-order valence-electron chi connectivity index (χ2n) is 6.95. The van der Waals surface area contributed by atoms with Crippen LogP contribution in [0, 0.1) is 6.92 Å². The molecule has 0 bridgehead atoms. The first kappa shape index (κ1) is 19.0. The highest BCUT2D eigenvalue weighted by Gasteiger charge is 2.29. The standard InChI is InChI=1S/C21H18BrClN2O3/c1-12-4-2-6-14(19(12)22)21(28)24-9-8-17-15(10-24)13-5-3-7-16(23)20(13)25(17)11-18(26)27/h2-7H,8-11H2,1H3,(H,26,27). The number of aromatic nitrogens is 1. The van der Waals surface area contributed by atoms with Crippen molar-refractivity contribution in [2.45, 2.75) is 26.4 Å². The van der Waals surface area contributed by atoms with Gasteiger partial charge in [0.2, 0.25) is 0 Å². The lowest BCUT2D eigenvalue weighted by atomic mass is 10.0. The molecular formula is C21H18BrClN2O3. The Bertz CT molecular complexity index is 1120.